The largest absolute Gasteiger partial charge is 0.338 e. The topological polar surface area (TPSA) is 4.93 Å². The lowest BCUT2D eigenvalue weighted by molar-refractivity contribution is 0.535. The molecule has 1 nitrogen and oxygen atoms in total. The van der Waals surface area contributed by atoms with Crippen molar-refractivity contribution in [3.63, 3.8) is 0 Å². The van der Waals surface area contributed by atoms with Gasteiger partial charge >= 0.3 is 0 Å². The highest BCUT2D eigenvalue weighted by molar-refractivity contribution is 6.08. The third-order valence-electron chi connectivity index (χ3n) is 4.75. The Morgan fingerprint density at radius 2 is 1.22 bits per heavy atom. The van der Waals surface area contributed by atoms with E-state index in [1.165, 1.54) is 27.4 Å². The number of benzene rings is 3. The summed E-state index contributed by atoms with van der Waals surface area (Å²) in [6.45, 7) is 2.34. The zero-order valence-electron chi connectivity index (χ0n) is 13.4. The maximum Gasteiger partial charge on any atom is 0.0493 e. The Labute approximate surface area is 137 Å². The minimum atomic E-state index is 0.472. The van der Waals surface area contributed by atoms with Crippen LogP contribution in [0.15, 0.2) is 78.9 Å². The maximum atomic E-state index is 2.51. The molecule has 23 heavy (non-hydrogen) atoms. The molecule has 4 aromatic rings. The van der Waals surface area contributed by atoms with Gasteiger partial charge in [-0.25, -0.2) is 0 Å². The Kier molecular flexibility index (Phi) is 3.63. The highest BCUT2D eigenvalue weighted by atomic mass is 15.0. The van der Waals surface area contributed by atoms with E-state index in [4.69, 9.17) is 0 Å². The van der Waals surface area contributed by atoms with Gasteiger partial charge in [-0.15, -0.1) is 0 Å². The lowest BCUT2D eigenvalue weighted by Crippen LogP contribution is -2.06. The van der Waals surface area contributed by atoms with Crippen molar-refractivity contribution in [1.29, 1.82) is 0 Å². The molecule has 0 aliphatic rings. The molecule has 0 N–H and O–H groups in total. The van der Waals surface area contributed by atoms with Crippen LogP contribution in [0.1, 0.15) is 24.9 Å². The van der Waals surface area contributed by atoms with Gasteiger partial charge in [-0.1, -0.05) is 66.7 Å². The number of fused-ring (bicyclic) bond motifs is 3. The predicted octanol–water partition coefficient (Wildman–Crippen LogP) is 5.99. The van der Waals surface area contributed by atoms with E-state index in [1.54, 1.807) is 0 Å². The van der Waals surface area contributed by atoms with Crippen LogP contribution in [-0.4, -0.2) is 4.57 Å². The third kappa shape index (κ3) is 2.53. The molecule has 0 bridgehead atoms. The molecule has 0 radical (unpaired) electrons. The summed E-state index contributed by atoms with van der Waals surface area (Å²) in [5.41, 5.74) is 4.10. The van der Waals surface area contributed by atoms with Gasteiger partial charge in [0.05, 0.1) is 0 Å². The average Bonchev–Trinajstić information content (AvgIpc) is 2.95. The minimum absolute atomic E-state index is 0.472. The van der Waals surface area contributed by atoms with Gasteiger partial charge < -0.3 is 4.57 Å². The van der Waals surface area contributed by atoms with E-state index in [1.807, 2.05) is 0 Å². The first-order valence-corrected chi connectivity index (χ1v) is 8.36. The van der Waals surface area contributed by atoms with Gasteiger partial charge in [-0.05, 0) is 37.5 Å². The second-order valence-electron chi connectivity index (χ2n) is 6.28. The van der Waals surface area contributed by atoms with Crippen molar-refractivity contribution in [2.45, 2.75) is 25.8 Å². The van der Waals surface area contributed by atoms with Gasteiger partial charge in [-0.3, -0.25) is 0 Å². The lowest BCUT2D eigenvalue weighted by atomic mass is 10.1. The number of aromatic nitrogens is 1. The molecule has 0 spiro atoms. The van der Waals surface area contributed by atoms with Gasteiger partial charge in [0.15, 0.2) is 0 Å². The summed E-state index contributed by atoms with van der Waals surface area (Å²) in [5, 5.41) is 2.71. The van der Waals surface area contributed by atoms with Crippen LogP contribution in [0, 0.1) is 0 Å². The fraction of sp³-hybridized carbons (Fsp3) is 0.182. The molecule has 1 unspecified atom stereocenters. The summed E-state index contributed by atoms with van der Waals surface area (Å²) in [4.78, 5) is 0. The quantitative estimate of drug-likeness (QED) is 0.436. The number of hydrogen-bond donors (Lipinski definition) is 0. The predicted molar refractivity (Wildman–Crippen MR) is 98.9 cm³/mol. The molecule has 0 amide bonds. The fourth-order valence-corrected chi connectivity index (χ4v) is 3.58. The Balaban J connectivity index is 1.74. The van der Waals surface area contributed by atoms with Gasteiger partial charge in [-0.2, -0.15) is 0 Å². The van der Waals surface area contributed by atoms with Crippen molar-refractivity contribution in [2.75, 3.05) is 0 Å². The Hall–Kier alpha value is -2.54. The first-order chi connectivity index (χ1) is 11.3. The van der Waals surface area contributed by atoms with E-state index in [0.717, 1.165) is 12.8 Å². The zero-order valence-corrected chi connectivity index (χ0v) is 13.4. The van der Waals surface area contributed by atoms with E-state index in [-0.39, 0.29) is 0 Å². The summed E-state index contributed by atoms with van der Waals surface area (Å²) >= 11 is 0. The molecule has 0 aliphatic carbocycles. The molecule has 0 saturated carbocycles. The minimum Gasteiger partial charge on any atom is -0.338 e. The molecular weight excluding hydrogens is 278 g/mol. The van der Waals surface area contributed by atoms with E-state index in [2.05, 4.69) is 90.4 Å². The molecule has 0 aliphatic heterocycles. The van der Waals surface area contributed by atoms with Crippen molar-refractivity contribution < 1.29 is 0 Å². The highest BCUT2D eigenvalue weighted by Gasteiger charge is 2.14. The molecular formula is C22H21N. The second kappa shape index (κ2) is 5.92. The molecule has 4 rings (SSSR count). The Bertz CT molecular complexity index is 881. The van der Waals surface area contributed by atoms with Crippen LogP contribution in [0.2, 0.25) is 0 Å². The van der Waals surface area contributed by atoms with Crippen LogP contribution in [0.3, 0.4) is 0 Å². The summed E-state index contributed by atoms with van der Waals surface area (Å²) < 4.78 is 2.51. The Morgan fingerprint density at radius 1 is 0.696 bits per heavy atom. The lowest BCUT2D eigenvalue weighted by Gasteiger charge is -2.17. The van der Waals surface area contributed by atoms with Gasteiger partial charge in [0.1, 0.15) is 0 Å². The number of para-hydroxylation sites is 2. The standard InChI is InChI=1S/C22H21N/c1-17(15-16-18-9-3-2-4-10-18)23-21-13-7-5-11-19(21)20-12-6-8-14-22(20)23/h2-14,17H,15-16H2,1H3. The van der Waals surface area contributed by atoms with E-state index < -0.39 is 0 Å². The number of rotatable bonds is 4. The normalized spacial score (nSPS) is 12.7. The SMILES string of the molecule is CC(CCc1ccccc1)n1c2ccccc2c2ccccc21. The number of nitrogens with zero attached hydrogens (tertiary/aromatic N) is 1. The summed E-state index contributed by atoms with van der Waals surface area (Å²) in [5.74, 6) is 0. The third-order valence-corrected chi connectivity index (χ3v) is 4.75. The second-order valence-corrected chi connectivity index (χ2v) is 6.28. The van der Waals surface area contributed by atoms with Crippen molar-refractivity contribution in [2.24, 2.45) is 0 Å². The first-order valence-electron chi connectivity index (χ1n) is 8.36. The van der Waals surface area contributed by atoms with Crippen molar-refractivity contribution in [1.82, 2.24) is 4.57 Å². The van der Waals surface area contributed by atoms with Crippen LogP contribution in [0.4, 0.5) is 0 Å². The zero-order chi connectivity index (χ0) is 15.6. The van der Waals surface area contributed by atoms with E-state index in [0.29, 0.717) is 6.04 Å². The fourth-order valence-electron chi connectivity index (χ4n) is 3.58. The van der Waals surface area contributed by atoms with Crippen LogP contribution < -0.4 is 0 Å². The smallest absolute Gasteiger partial charge is 0.0493 e. The molecule has 1 heterocycles. The molecule has 0 saturated heterocycles. The van der Waals surface area contributed by atoms with E-state index in [9.17, 15) is 0 Å². The molecule has 1 atom stereocenters. The molecule has 1 aromatic heterocycles. The monoisotopic (exact) mass is 299 g/mol. The highest BCUT2D eigenvalue weighted by Crippen LogP contribution is 2.32. The molecule has 0 fully saturated rings. The van der Waals surface area contributed by atoms with Gasteiger partial charge in [0, 0.05) is 27.8 Å². The molecule has 1 heteroatoms. The van der Waals surface area contributed by atoms with Crippen LogP contribution >= 0.6 is 0 Å². The van der Waals surface area contributed by atoms with Crippen LogP contribution in [-0.2, 0) is 6.42 Å². The van der Waals surface area contributed by atoms with Crippen LogP contribution in [0.25, 0.3) is 21.8 Å². The van der Waals surface area contributed by atoms with Gasteiger partial charge in [0.2, 0.25) is 0 Å². The summed E-state index contributed by atoms with van der Waals surface area (Å²) in [6, 6.07) is 28.8. The number of hydrogen-bond acceptors (Lipinski definition) is 0. The summed E-state index contributed by atoms with van der Waals surface area (Å²) in [7, 11) is 0. The molecule has 3 aromatic carbocycles. The van der Waals surface area contributed by atoms with Crippen molar-refractivity contribution in [3.8, 4) is 0 Å². The van der Waals surface area contributed by atoms with E-state index >= 15 is 0 Å². The Morgan fingerprint density at radius 3 is 1.83 bits per heavy atom. The van der Waals surface area contributed by atoms with Crippen LogP contribution in [0.5, 0.6) is 0 Å². The van der Waals surface area contributed by atoms with Crippen molar-refractivity contribution in [3.05, 3.63) is 84.4 Å². The summed E-state index contributed by atoms with van der Waals surface area (Å²) in [6.07, 6.45) is 2.26. The molecule has 114 valence electrons. The maximum absolute atomic E-state index is 2.51. The van der Waals surface area contributed by atoms with Crippen molar-refractivity contribution >= 4 is 21.8 Å². The van der Waals surface area contributed by atoms with Gasteiger partial charge in [0.25, 0.3) is 0 Å². The number of aryl methyl sites for hydroxylation is 1. The average molecular weight is 299 g/mol. The first kappa shape index (κ1) is 14.1.